The Hall–Kier alpha value is -1.14. The zero-order valence-corrected chi connectivity index (χ0v) is 15.3. The molecule has 24 heavy (non-hydrogen) atoms. The second kappa shape index (κ2) is 10.7. The molecule has 6 heteroatoms. The molecule has 0 aromatic carbocycles. The molecular weight excluding hydrogens is 385 g/mol. The van der Waals surface area contributed by atoms with Gasteiger partial charge in [-0.15, -0.1) is 5.92 Å². The van der Waals surface area contributed by atoms with Crippen molar-refractivity contribution in [3.05, 3.63) is 0 Å². The van der Waals surface area contributed by atoms with E-state index in [2.05, 4.69) is 44.3 Å². The van der Waals surface area contributed by atoms with Crippen molar-refractivity contribution in [1.29, 1.82) is 0 Å². The maximum absolute atomic E-state index is 12.2. The molecule has 0 saturated heterocycles. The summed E-state index contributed by atoms with van der Waals surface area (Å²) in [5.74, 6) is 10.7. The number of halogens is 4. The smallest absolute Gasteiger partial charge is 0.389 e. The molecule has 2 aliphatic rings. The first-order valence-electron chi connectivity index (χ1n) is 8.11. The van der Waals surface area contributed by atoms with Gasteiger partial charge in [-0.1, -0.05) is 33.7 Å². The van der Waals surface area contributed by atoms with Gasteiger partial charge in [0, 0.05) is 18.3 Å². The number of esters is 1. The highest BCUT2D eigenvalue weighted by Gasteiger charge is 2.35. The number of hydrogen-bond acceptors (Lipinski definition) is 2. The molecule has 2 saturated carbocycles. The molecule has 2 nitrogen and oxygen atoms in total. The van der Waals surface area contributed by atoms with Gasteiger partial charge in [0.05, 0.1) is 24.3 Å². The highest BCUT2D eigenvalue weighted by atomic mass is 79.9. The van der Waals surface area contributed by atoms with Crippen molar-refractivity contribution in [2.75, 3.05) is 11.9 Å². The third kappa shape index (κ3) is 11.4. The maximum Gasteiger partial charge on any atom is 0.389 e. The van der Waals surface area contributed by atoms with Crippen LogP contribution in [0, 0.1) is 41.4 Å². The Morgan fingerprint density at radius 2 is 1.71 bits per heavy atom. The summed E-state index contributed by atoms with van der Waals surface area (Å²) in [5, 5.41) is 0.837. The molecule has 0 aliphatic heterocycles. The zero-order chi connectivity index (χ0) is 18.0. The molecule has 0 radical (unpaired) electrons. The number of carbonyl (C=O) groups is 1. The first-order valence-corrected chi connectivity index (χ1v) is 9.24. The minimum atomic E-state index is -4.36. The summed E-state index contributed by atoms with van der Waals surface area (Å²) in [6.07, 6.45) is -0.911. The van der Waals surface area contributed by atoms with Crippen molar-refractivity contribution >= 4 is 21.9 Å². The lowest BCUT2D eigenvalue weighted by atomic mass is 10.0. The topological polar surface area (TPSA) is 26.3 Å². The highest BCUT2D eigenvalue weighted by Crippen LogP contribution is 2.29. The fourth-order valence-electron chi connectivity index (χ4n) is 1.74. The fourth-order valence-corrected chi connectivity index (χ4v) is 1.90. The van der Waals surface area contributed by atoms with Crippen LogP contribution in [0.1, 0.15) is 45.4 Å². The van der Waals surface area contributed by atoms with E-state index in [1.54, 1.807) is 6.92 Å². The largest absolute Gasteiger partial charge is 0.466 e. The number of ether oxygens (including phenoxy) is 1. The molecule has 0 bridgehead atoms. The Balaban J connectivity index is 0.000000341. The van der Waals surface area contributed by atoms with Gasteiger partial charge in [-0.05, 0) is 32.6 Å². The lowest BCUT2D eigenvalue weighted by Gasteiger charge is -2.14. The van der Waals surface area contributed by atoms with Crippen LogP contribution < -0.4 is 0 Å². The third-order valence-corrected chi connectivity index (χ3v) is 3.56. The van der Waals surface area contributed by atoms with Gasteiger partial charge in [0.2, 0.25) is 0 Å². The van der Waals surface area contributed by atoms with Crippen LogP contribution in [0.4, 0.5) is 13.2 Å². The molecule has 134 valence electrons. The first kappa shape index (κ1) is 20.9. The van der Waals surface area contributed by atoms with Crippen molar-refractivity contribution < 1.29 is 22.7 Å². The third-order valence-electron chi connectivity index (χ3n) is 3.28. The second-order valence-corrected chi connectivity index (χ2v) is 6.36. The number of rotatable bonds is 4. The zero-order valence-electron chi connectivity index (χ0n) is 13.7. The molecule has 2 rings (SSSR count). The number of hydrogen-bond donors (Lipinski definition) is 0. The summed E-state index contributed by atoms with van der Waals surface area (Å²) >= 11 is 3.23. The van der Waals surface area contributed by atoms with E-state index in [1.165, 1.54) is 12.8 Å². The van der Waals surface area contributed by atoms with E-state index in [9.17, 15) is 18.0 Å². The summed E-state index contributed by atoms with van der Waals surface area (Å²) in [5.41, 5.74) is 0. The normalized spacial score (nSPS) is 17.2. The van der Waals surface area contributed by atoms with Crippen LogP contribution in [0.3, 0.4) is 0 Å². The molecule has 0 spiro atoms. The highest BCUT2D eigenvalue weighted by molar-refractivity contribution is 9.09. The van der Waals surface area contributed by atoms with Crippen LogP contribution >= 0.6 is 15.9 Å². The lowest BCUT2D eigenvalue weighted by molar-refractivity contribution is -0.167. The molecule has 2 aliphatic carbocycles. The summed E-state index contributed by atoms with van der Waals surface area (Å²) in [6, 6.07) is 0. The Labute approximate surface area is 150 Å². The van der Waals surface area contributed by atoms with Crippen molar-refractivity contribution in [1.82, 2.24) is 0 Å². The van der Waals surface area contributed by atoms with Gasteiger partial charge in [0.15, 0.2) is 0 Å². The summed E-state index contributed by atoms with van der Waals surface area (Å²) in [7, 11) is 0. The SMILES string of the molecule is BrCC#CC1CC1.CCOC(=O)C(CC#CC1CC1)CC(F)(F)F. The molecular formula is C18H22BrF3O2. The van der Waals surface area contributed by atoms with Crippen LogP contribution in [0.2, 0.25) is 0 Å². The van der Waals surface area contributed by atoms with Gasteiger partial charge >= 0.3 is 12.1 Å². The number of carbonyl (C=O) groups excluding carboxylic acids is 1. The lowest BCUT2D eigenvalue weighted by Crippen LogP contribution is -2.24. The maximum atomic E-state index is 12.2. The molecule has 0 N–H and O–H groups in total. The van der Waals surface area contributed by atoms with Crippen molar-refractivity contribution in [3.8, 4) is 23.7 Å². The van der Waals surface area contributed by atoms with Crippen LogP contribution in [0.25, 0.3) is 0 Å². The molecule has 2 fully saturated rings. The minimum Gasteiger partial charge on any atom is -0.466 e. The van der Waals surface area contributed by atoms with E-state index >= 15 is 0 Å². The van der Waals surface area contributed by atoms with E-state index < -0.39 is 24.5 Å². The van der Waals surface area contributed by atoms with Gasteiger partial charge in [-0.25, -0.2) is 0 Å². The van der Waals surface area contributed by atoms with Gasteiger partial charge < -0.3 is 4.74 Å². The van der Waals surface area contributed by atoms with Gasteiger partial charge in [0.25, 0.3) is 0 Å². The molecule has 0 amide bonds. The minimum absolute atomic E-state index is 0.0746. The van der Waals surface area contributed by atoms with Gasteiger partial charge in [-0.3, -0.25) is 4.79 Å². The van der Waals surface area contributed by atoms with Gasteiger partial charge in [-0.2, -0.15) is 13.2 Å². The van der Waals surface area contributed by atoms with E-state index in [0.717, 1.165) is 24.1 Å². The standard InChI is InChI=1S/C12H15F3O2.C6H7Br/c1-2-17-11(16)10(8-12(13,14)15)5-3-4-9-6-7-9;7-5-1-2-6-3-4-6/h9-10H,2,5-8H2,1H3;6H,3-5H2. The van der Waals surface area contributed by atoms with Crippen molar-refractivity contribution in [2.45, 2.75) is 51.6 Å². The van der Waals surface area contributed by atoms with Crippen LogP contribution in [0.5, 0.6) is 0 Å². The average molecular weight is 407 g/mol. The Morgan fingerprint density at radius 3 is 2.12 bits per heavy atom. The molecule has 0 aromatic heterocycles. The van der Waals surface area contributed by atoms with Crippen molar-refractivity contribution in [2.24, 2.45) is 17.8 Å². The second-order valence-electron chi connectivity index (χ2n) is 5.80. The predicted octanol–water partition coefficient (Wildman–Crippen LogP) is 4.72. The molecule has 0 heterocycles. The van der Waals surface area contributed by atoms with Gasteiger partial charge in [0.1, 0.15) is 0 Å². The monoisotopic (exact) mass is 406 g/mol. The molecule has 0 aromatic rings. The van der Waals surface area contributed by atoms with E-state index in [0.29, 0.717) is 5.92 Å². The Kier molecular flexibility index (Phi) is 9.29. The predicted molar refractivity (Wildman–Crippen MR) is 90.2 cm³/mol. The van der Waals surface area contributed by atoms with Crippen LogP contribution in [-0.2, 0) is 9.53 Å². The average Bonchev–Trinajstić information content (AvgIpc) is 3.38. The van der Waals surface area contributed by atoms with E-state index in [1.807, 2.05) is 0 Å². The van der Waals surface area contributed by atoms with Crippen LogP contribution in [-0.4, -0.2) is 24.1 Å². The quantitative estimate of drug-likeness (QED) is 0.383. The number of alkyl halides is 4. The fraction of sp³-hybridized carbons (Fsp3) is 0.722. The van der Waals surface area contributed by atoms with Crippen molar-refractivity contribution in [3.63, 3.8) is 0 Å². The Morgan fingerprint density at radius 1 is 1.17 bits per heavy atom. The van der Waals surface area contributed by atoms with E-state index in [-0.39, 0.29) is 13.0 Å². The summed E-state index contributed by atoms with van der Waals surface area (Å²) in [4.78, 5) is 11.3. The Bertz CT molecular complexity index is 514. The van der Waals surface area contributed by atoms with E-state index in [4.69, 9.17) is 0 Å². The summed E-state index contributed by atoms with van der Waals surface area (Å²) < 4.78 is 41.4. The van der Waals surface area contributed by atoms with Crippen LogP contribution in [0.15, 0.2) is 0 Å². The molecule has 1 atom stereocenters. The summed E-state index contributed by atoms with van der Waals surface area (Å²) in [6.45, 7) is 1.65. The molecule has 1 unspecified atom stereocenters. The first-order chi connectivity index (χ1) is 11.4.